The van der Waals surface area contributed by atoms with Gasteiger partial charge in [-0.2, -0.15) is 0 Å². The van der Waals surface area contributed by atoms with Crippen molar-refractivity contribution < 1.29 is 13.9 Å². The standard InChI is InChI=1S/C15H15FN2O2/c16-12-2-1-3-13(14(12)15(18)19)20-11-6-4-10(5-7-11)8-9-17/h1-7H,8-9,17H2,(H2,18,19). The first-order valence-electron chi connectivity index (χ1n) is 6.17. The molecule has 0 bridgehead atoms. The lowest BCUT2D eigenvalue weighted by atomic mass is 10.1. The lowest BCUT2D eigenvalue weighted by Gasteiger charge is -2.10. The van der Waals surface area contributed by atoms with Gasteiger partial charge in [0, 0.05) is 0 Å². The van der Waals surface area contributed by atoms with Crippen LogP contribution in [0.4, 0.5) is 4.39 Å². The molecule has 0 aromatic heterocycles. The van der Waals surface area contributed by atoms with E-state index in [1.165, 1.54) is 12.1 Å². The topological polar surface area (TPSA) is 78.3 Å². The van der Waals surface area contributed by atoms with Gasteiger partial charge < -0.3 is 16.2 Å². The Morgan fingerprint density at radius 2 is 1.85 bits per heavy atom. The molecule has 0 aliphatic rings. The molecular formula is C15H15FN2O2. The van der Waals surface area contributed by atoms with E-state index in [1.54, 1.807) is 12.1 Å². The fourth-order valence-electron chi connectivity index (χ4n) is 1.85. The van der Waals surface area contributed by atoms with E-state index < -0.39 is 11.7 Å². The Balaban J connectivity index is 2.26. The number of carbonyl (C=O) groups excluding carboxylic acids is 1. The zero-order valence-electron chi connectivity index (χ0n) is 10.8. The van der Waals surface area contributed by atoms with Gasteiger partial charge in [-0.1, -0.05) is 18.2 Å². The van der Waals surface area contributed by atoms with Gasteiger partial charge in [0.1, 0.15) is 22.9 Å². The van der Waals surface area contributed by atoms with Crippen molar-refractivity contribution in [1.29, 1.82) is 0 Å². The SMILES string of the molecule is NCCc1ccc(Oc2cccc(F)c2C(N)=O)cc1. The number of primary amides is 1. The predicted octanol–water partition coefficient (Wildman–Crippen LogP) is 2.22. The van der Waals surface area contributed by atoms with Crippen LogP contribution in [0, 0.1) is 5.82 Å². The van der Waals surface area contributed by atoms with Crippen molar-refractivity contribution in [3.63, 3.8) is 0 Å². The molecule has 0 radical (unpaired) electrons. The monoisotopic (exact) mass is 274 g/mol. The van der Waals surface area contributed by atoms with Crippen LogP contribution in [0.15, 0.2) is 42.5 Å². The summed E-state index contributed by atoms with van der Waals surface area (Å²) in [5.41, 5.74) is 11.5. The van der Waals surface area contributed by atoms with Crippen LogP contribution in [0.2, 0.25) is 0 Å². The van der Waals surface area contributed by atoms with Crippen LogP contribution >= 0.6 is 0 Å². The molecule has 0 fully saturated rings. The number of benzene rings is 2. The van der Waals surface area contributed by atoms with Crippen molar-refractivity contribution in [3.05, 3.63) is 59.4 Å². The summed E-state index contributed by atoms with van der Waals surface area (Å²) in [5, 5.41) is 0. The minimum atomic E-state index is -0.863. The molecule has 20 heavy (non-hydrogen) atoms. The summed E-state index contributed by atoms with van der Waals surface area (Å²) in [6.45, 7) is 0.565. The molecule has 0 saturated heterocycles. The summed E-state index contributed by atoms with van der Waals surface area (Å²) >= 11 is 0. The van der Waals surface area contributed by atoms with Crippen LogP contribution in [-0.2, 0) is 6.42 Å². The lowest BCUT2D eigenvalue weighted by molar-refractivity contribution is 0.0994. The van der Waals surface area contributed by atoms with Crippen LogP contribution in [0.25, 0.3) is 0 Å². The molecular weight excluding hydrogens is 259 g/mol. The number of ether oxygens (including phenoxy) is 1. The Morgan fingerprint density at radius 3 is 2.45 bits per heavy atom. The Morgan fingerprint density at radius 1 is 1.15 bits per heavy atom. The predicted molar refractivity (Wildman–Crippen MR) is 74.2 cm³/mol. The van der Waals surface area contributed by atoms with Crippen molar-refractivity contribution in [2.24, 2.45) is 11.5 Å². The highest BCUT2D eigenvalue weighted by molar-refractivity contribution is 5.96. The molecule has 4 nitrogen and oxygen atoms in total. The number of halogens is 1. The highest BCUT2D eigenvalue weighted by Crippen LogP contribution is 2.27. The third kappa shape index (κ3) is 3.13. The first kappa shape index (κ1) is 14.0. The summed E-state index contributed by atoms with van der Waals surface area (Å²) < 4.78 is 19.1. The molecule has 2 aromatic rings. The Bertz CT molecular complexity index is 612. The van der Waals surface area contributed by atoms with Crippen LogP contribution < -0.4 is 16.2 Å². The molecule has 0 atom stereocenters. The molecule has 4 N–H and O–H groups in total. The maximum absolute atomic E-state index is 13.6. The van der Waals surface area contributed by atoms with Crippen molar-refractivity contribution in [2.45, 2.75) is 6.42 Å². The zero-order chi connectivity index (χ0) is 14.5. The first-order chi connectivity index (χ1) is 9.61. The maximum Gasteiger partial charge on any atom is 0.255 e. The van der Waals surface area contributed by atoms with E-state index in [2.05, 4.69) is 0 Å². The summed E-state index contributed by atoms with van der Waals surface area (Å²) in [7, 11) is 0. The number of hydrogen-bond acceptors (Lipinski definition) is 3. The summed E-state index contributed by atoms with van der Waals surface area (Å²) in [4.78, 5) is 11.3. The average molecular weight is 274 g/mol. The Hall–Kier alpha value is -2.40. The van der Waals surface area contributed by atoms with Gasteiger partial charge in [-0.3, -0.25) is 4.79 Å². The molecule has 2 rings (SSSR count). The van der Waals surface area contributed by atoms with Gasteiger partial charge in [-0.05, 0) is 42.8 Å². The smallest absolute Gasteiger partial charge is 0.255 e. The highest BCUT2D eigenvalue weighted by Gasteiger charge is 2.15. The van der Waals surface area contributed by atoms with Crippen molar-refractivity contribution in [1.82, 2.24) is 0 Å². The fourth-order valence-corrected chi connectivity index (χ4v) is 1.85. The second-order valence-electron chi connectivity index (χ2n) is 4.26. The molecule has 5 heteroatoms. The van der Waals surface area contributed by atoms with E-state index in [-0.39, 0.29) is 11.3 Å². The molecule has 104 valence electrons. The summed E-state index contributed by atoms with van der Waals surface area (Å²) in [6.07, 6.45) is 0.771. The van der Waals surface area contributed by atoms with Gasteiger partial charge in [-0.25, -0.2) is 4.39 Å². The van der Waals surface area contributed by atoms with Crippen LogP contribution in [0.1, 0.15) is 15.9 Å². The van der Waals surface area contributed by atoms with E-state index in [4.69, 9.17) is 16.2 Å². The van der Waals surface area contributed by atoms with Gasteiger partial charge in [0.05, 0.1) is 0 Å². The number of nitrogens with two attached hydrogens (primary N) is 2. The molecule has 0 aliphatic heterocycles. The third-order valence-corrected chi connectivity index (χ3v) is 2.81. The highest BCUT2D eigenvalue weighted by atomic mass is 19.1. The lowest BCUT2D eigenvalue weighted by Crippen LogP contribution is -2.14. The van der Waals surface area contributed by atoms with E-state index in [0.717, 1.165) is 18.1 Å². The molecule has 0 aliphatic carbocycles. The second-order valence-corrected chi connectivity index (χ2v) is 4.26. The molecule has 0 unspecified atom stereocenters. The molecule has 0 spiro atoms. The maximum atomic E-state index is 13.6. The first-order valence-corrected chi connectivity index (χ1v) is 6.17. The van der Waals surface area contributed by atoms with Crippen LogP contribution in [0.5, 0.6) is 11.5 Å². The van der Waals surface area contributed by atoms with E-state index in [0.29, 0.717) is 12.3 Å². The molecule has 0 saturated carbocycles. The van der Waals surface area contributed by atoms with Crippen LogP contribution in [-0.4, -0.2) is 12.5 Å². The third-order valence-electron chi connectivity index (χ3n) is 2.81. The van der Waals surface area contributed by atoms with Gasteiger partial charge in [0.25, 0.3) is 5.91 Å². The minimum Gasteiger partial charge on any atom is -0.456 e. The van der Waals surface area contributed by atoms with Gasteiger partial charge in [0.15, 0.2) is 0 Å². The fraction of sp³-hybridized carbons (Fsp3) is 0.133. The summed E-state index contributed by atoms with van der Waals surface area (Å²) in [5.74, 6) is -0.962. The largest absolute Gasteiger partial charge is 0.456 e. The molecule has 0 heterocycles. The number of carbonyl (C=O) groups is 1. The minimum absolute atomic E-state index is 0.101. The number of rotatable bonds is 5. The second kappa shape index (κ2) is 6.16. The van der Waals surface area contributed by atoms with E-state index in [9.17, 15) is 9.18 Å². The van der Waals surface area contributed by atoms with E-state index in [1.807, 2.05) is 12.1 Å². The summed E-state index contributed by atoms with van der Waals surface area (Å²) in [6, 6.07) is 11.3. The quantitative estimate of drug-likeness (QED) is 0.877. The van der Waals surface area contributed by atoms with Crippen molar-refractivity contribution in [2.75, 3.05) is 6.54 Å². The Kier molecular flexibility index (Phi) is 4.32. The van der Waals surface area contributed by atoms with Gasteiger partial charge >= 0.3 is 0 Å². The van der Waals surface area contributed by atoms with Crippen molar-refractivity contribution in [3.8, 4) is 11.5 Å². The average Bonchev–Trinajstić information content (AvgIpc) is 2.41. The van der Waals surface area contributed by atoms with E-state index >= 15 is 0 Å². The van der Waals surface area contributed by atoms with Crippen LogP contribution in [0.3, 0.4) is 0 Å². The molecule has 2 aromatic carbocycles. The number of hydrogen-bond donors (Lipinski definition) is 2. The Labute approximate surface area is 116 Å². The zero-order valence-corrected chi connectivity index (χ0v) is 10.8. The number of amides is 1. The van der Waals surface area contributed by atoms with Gasteiger partial charge in [0.2, 0.25) is 0 Å². The molecule has 1 amide bonds. The van der Waals surface area contributed by atoms with Crippen molar-refractivity contribution >= 4 is 5.91 Å². The van der Waals surface area contributed by atoms with Gasteiger partial charge in [-0.15, -0.1) is 0 Å². The normalized spacial score (nSPS) is 10.3.